The van der Waals surface area contributed by atoms with Crippen LogP contribution >= 0.6 is 0 Å². The Hall–Kier alpha value is -10.8. The van der Waals surface area contributed by atoms with Gasteiger partial charge in [0, 0.05) is 75.8 Å². The first-order chi connectivity index (χ1) is 54.4. The van der Waals surface area contributed by atoms with Gasteiger partial charge in [0.15, 0.2) is 0 Å². The predicted octanol–water partition coefficient (Wildman–Crippen LogP) is 1.76. The third kappa shape index (κ3) is 10.6. The normalized spacial score (nSPS) is 30.0. The number of carbonyl (C=O) groups excluding carboxylic acids is 8. The molecule has 0 saturated carbocycles. The van der Waals surface area contributed by atoms with Gasteiger partial charge < -0.3 is 22.9 Å². The molecule has 8 aromatic rings. The Bertz CT molecular complexity index is 5870. The maximum absolute atomic E-state index is 13.5. The number of carbonyl (C=O) groups is 8. The summed E-state index contributed by atoms with van der Waals surface area (Å²) >= 11 is 0. The van der Waals surface area contributed by atoms with Crippen LogP contribution in [0.1, 0.15) is 146 Å². The number of nitrogens with zero attached hydrogens (tertiary/aromatic N) is 8. The number of aryl methyl sites for hydroxylation is 4. The van der Waals surface area contributed by atoms with Crippen LogP contribution in [0.25, 0.3) is 43.6 Å². The second-order valence-electron chi connectivity index (χ2n) is 19.2. The smallest absolute Gasteiger partial charge is 0.264 e. The zero-order valence-corrected chi connectivity index (χ0v) is 45.6. The molecule has 8 amide bonds. The number of piperidine rings is 4. The van der Waals surface area contributed by atoms with Crippen molar-refractivity contribution in [1.29, 1.82) is 0 Å². The molecule has 4 atom stereocenters. The summed E-state index contributed by atoms with van der Waals surface area (Å²) < 4.78 is 256. The number of nitrogens with one attached hydrogen (secondary N) is 4. The van der Waals surface area contributed by atoms with Crippen LogP contribution in [0.3, 0.4) is 0 Å². The van der Waals surface area contributed by atoms with Gasteiger partial charge in [0.2, 0.25) is 23.6 Å². The van der Waals surface area contributed by atoms with Crippen molar-refractivity contribution in [1.82, 2.24) is 59.5 Å². The molecule has 4 aliphatic heterocycles. The molecule has 4 aromatic carbocycles. The number of anilines is 4. The molecular weight excluding hydrogens is 1140 g/mol. The van der Waals surface area contributed by atoms with Crippen molar-refractivity contribution in [3.8, 4) is 0 Å². The standard InChI is InChI=1S/4C15H16N4O3/c4*1-8-17-10-5-3-4-9(16)12(10)13(21)19(8)15(2)7-6-11(20)18-14(15)22/h4*3-5H,6-7,16H2,1-2H3,(H,18,20,22)/t3*15-;/m100./s1/i2D3,3D,4D,5D;2D3,3D,4D,5D,6D2,7D2;2D3,3D,4D,5D;2D3,3D,4D,5D,6D2,7D2. The van der Waals surface area contributed by atoms with E-state index >= 15 is 0 Å². The fraction of sp³-hybridized carbons (Fsp3) is 0.333. The van der Waals surface area contributed by atoms with E-state index in [9.17, 15) is 57.5 Å². The zero-order valence-electron chi connectivity index (χ0n) is 77.6. The van der Waals surface area contributed by atoms with Crippen LogP contribution < -0.4 is 66.4 Å². The second-order valence-corrected chi connectivity index (χ2v) is 19.2. The highest BCUT2D eigenvalue weighted by atomic mass is 16.2. The number of fused-ring (bicyclic) bond motifs is 4. The van der Waals surface area contributed by atoms with Crippen molar-refractivity contribution in [2.24, 2.45) is 0 Å². The number of hydrogen-bond donors (Lipinski definition) is 8. The van der Waals surface area contributed by atoms with Gasteiger partial charge in [-0.3, -0.25) is 97.1 Å². The molecule has 28 heteroatoms. The second kappa shape index (κ2) is 22.9. The maximum Gasteiger partial charge on any atom is 0.264 e. The summed E-state index contributed by atoms with van der Waals surface area (Å²) in [7, 11) is 0. The number of nitrogens with two attached hydrogens (primary N) is 4. The van der Waals surface area contributed by atoms with Crippen LogP contribution in [0.5, 0.6) is 0 Å². The summed E-state index contributed by atoms with van der Waals surface area (Å²) in [6, 6.07) is -7.41. The molecule has 4 aliphatic rings. The lowest BCUT2D eigenvalue weighted by atomic mass is 9.90. The highest BCUT2D eigenvalue weighted by Crippen LogP contribution is 2.32. The zero-order chi connectivity index (χ0) is 91.9. The summed E-state index contributed by atoms with van der Waals surface area (Å²) in [5.41, 5.74) is 2.45. The van der Waals surface area contributed by atoms with Crippen molar-refractivity contribution in [3.05, 3.63) is 137 Å². The van der Waals surface area contributed by atoms with Crippen molar-refractivity contribution < 1.29 is 82.2 Å². The molecule has 0 spiro atoms. The molecule has 456 valence electrons. The SMILES string of the molecule is [2H]c1c([2H])c(N)c2c(=O)n(C3(C([2H])([2H])[2H])C(=O)NC(=O)C([2H])([2H])C3([2H])[2H])c(C)nc2c1[2H].[2H]c1c([2H])c(N)c2c(=O)n([C@@]3(C([2H])([2H])[2H])CCC(=O)NC3=O)c(C)nc2c1[2H].[2H]c1c([2H])c(N)c2c(=O)n([C@]3(C([2H])([2H])[2H])C(=O)NC(=O)C([2H])([2H])C3([2H])[2H])c(C)nc2c1[2H].[2H]c1c([2H])c(N)c2c(=O)n([C@]3(C([2H])([2H])[2H])CCC(=O)NC3=O)c(C)nc2c1[2H]. The molecule has 12 rings (SSSR count). The molecule has 4 saturated heterocycles. The third-order valence-electron chi connectivity index (χ3n) is 13.5. The van der Waals surface area contributed by atoms with Gasteiger partial charge in [-0.05, 0) is 129 Å². The van der Waals surface area contributed by atoms with E-state index in [1.807, 2.05) is 10.6 Å². The van der Waals surface area contributed by atoms with Gasteiger partial charge in [-0.2, -0.15) is 0 Å². The lowest BCUT2D eigenvalue weighted by Gasteiger charge is -2.34. The molecule has 4 aromatic heterocycles. The van der Waals surface area contributed by atoms with Crippen LogP contribution in [-0.2, 0) is 60.5 Å². The van der Waals surface area contributed by atoms with Gasteiger partial charge in [-0.15, -0.1) is 0 Å². The Labute approximate surface area is 544 Å². The van der Waals surface area contributed by atoms with Crippen molar-refractivity contribution in [2.75, 3.05) is 22.9 Å². The minimum Gasteiger partial charge on any atom is -0.398 e. The maximum atomic E-state index is 13.5. The van der Waals surface area contributed by atoms with E-state index in [4.69, 9.17) is 66.8 Å². The molecule has 12 N–H and O–H groups in total. The van der Waals surface area contributed by atoms with E-state index in [0.29, 0.717) is 9.13 Å². The lowest BCUT2D eigenvalue weighted by molar-refractivity contribution is -0.141. The van der Waals surface area contributed by atoms with Crippen molar-refractivity contribution in [2.45, 2.75) is 128 Å². The fourth-order valence-electron chi connectivity index (χ4n) is 9.41. The van der Waals surface area contributed by atoms with Gasteiger partial charge in [0.25, 0.3) is 45.9 Å². The highest BCUT2D eigenvalue weighted by Gasteiger charge is 2.46. The summed E-state index contributed by atoms with van der Waals surface area (Å²) in [5.74, 6) is -12.3. The Morgan fingerprint density at radius 2 is 0.636 bits per heavy atom. The number of imide groups is 4. The topological polar surface area (TPSA) is 428 Å². The molecule has 0 radical (unpaired) electrons. The van der Waals surface area contributed by atoms with Gasteiger partial charge in [-0.1, -0.05) is 24.2 Å². The molecular formula is C60H64N16O12. The summed E-state index contributed by atoms with van der Waals surface area (Å²) in [4.78, 5) is 168. The number of rotatable bonds is 4. The Morgan fingerprint density at radius 1 is 0.398 bits per heavy atom. The van der Waals surface area contributed by atoms with E-state index in [2.05, 4.69) is 19.9 Å². The molecule has 4 fully saturated rings. The van der Waals surface area contributed by atoms with Crippen LogP contribution in [0.15, 0.2) is 91.7 Å². The fourth-order valence-corrected chi connectivity index (χ4v) is 9.41. The van der Waals surface area contributed by atoms with Gasteiger partial charge >= 0.3 is 0 Å². The van der Waals surface area contributed by atoms with Crippen LogP contribution in [0.4, 0.5) is 22.7 Å². The molecule has 1 unspecified atom stereocenters. The summed E-state index contributed by atoms with van der Waals surface area (Å²) in [5, 5.41) is 4.66. The molecule has 0 bridgehead atoms. The quantitative estimate of drug-likeness (QED) is 0.0919. The van der Waals surface area contributed by atoms with Crippen molar-refractivity contribution in [3.63, 3.8) is 0 Å². The molecule has 88 heavy (non-hydrogen) atoms. The van der Waals surface area contributed by atoms with E-state index < -0.39 is 297 Å². The average molecular weight is 1230 g/mol. The largest absolute Gasteiger partial charge is 0.398 e. The first kappa shape index (κ1) is 32.6. The molecule has 0 aliphatic carbocycles. The average Bonchev–Trinajstić information content (AvgIpc) is 0.672. The van der Waals surface area contributed by atoms with Crippen LogP contribution in [0, 0.1) is 27.7 Å². The van der Waals surface area contributed by atoms with E-state index in [-0.39, 0.29) is 44.7 Å². The van der Waals surface area contributed by atoms with Gasteiger partial charge in [0.1, 0.15) is 45.5 Å². The van der Waals surface area contributed by atoms with E-state index in [1.165, 1.54) is 24.5 Å². The number of amides is 8. The first-order valence-corrected chi connectivity index (χ1v) is 25.0. The van der Waals surface area contributed by atoms with Crippen LogP contribution in [0.2, 0.25) is 0 Å². The predicted molar refractivity (Wildman–Crippen MR) is 325 cm³/mol. The highest BCUT2D eigenvalue weighted by molar-refractivity contribution is 6.04. The number of aromatic nitrogens is 8. The molecule has 28 nitrogen and oxygen atoms in total. The Morgan fingerprint density at radius 3 is 0.886 bits per heavy atom. The minimum atomic E-state index is -3.80. The Kier molecular flexibility index (Phi) is 8.49. The first-order valence-electron chi connectivity index (χ1n) is 41.0. The van der Waals surface area contributed by atoms with E-state index in [0.717, 1.165) is 13.8 Å². The molecule has 8 heterocycles. The minimum absolute atomic E-state index is 0.0980. The van der Waals surface area contributed by atoms with Gasteiger partial charge in [0.05, 0.1) is 60.1 Å². The van der Waals surface area contributed by atoms with Gasteiger partial charge in [-0.25, -0.2) is 19.9 Å². The number of hydrogen-bond acceptors (Lipinski definition) is 20. The number of nitrogen functional groups attached to an aromatic ring is 4. The Balaban J connectivity index is 0.000000182. The summed E-state index contributed by atoms with van der Waals surface area (Å²) in [6.07, 6.45) is -16.3. The third-order valence-corrected chi connectivity index (χ3v) is 13.5. The monoisotopic (exact) mass is 1230 g/mol. The number of benzene rings is 4. The lowest BCUT2D eigenvalue weighted by Crippen LogP contribution is -2.56. The van der Waals surface area contributed by atoms with E-state index in [1.54, 1.807) is 0 Å². The summed E-state index contributed by atoms with van der Waals surface area (Å²) in [6.45, 7) is -8.92. The van der Waals surface area contributed by atoms with Crippen molar-refractivity contribution >= 4 is 114 Å². The van der Waals surface area contributed by atoms with Crippen LogP contribution in [-0.4, -0.2) is 85.5 Å².